The number of hydrogen-bond donors (Lipinski definition) is 0. The van der Waals surface area contributed by atoms with Gasteiger partial charge in [-0.15, -0.1) is 0 Å². The van der Waals surface area contributed by atoms with Crippen LogP contribution >= 0.6 is 0 Å². The van der Waals surface area contributed by atoms with Crippen LogP contribution < -0.4 is 0 Å². The van der Waals surface area contributed by atoms with Gasteiger partial charge in [-0.1, -0.05) is 207 Å². The predicted molar refractivity (Wildman–Crippen MR) is 265 cm³/mol. The average molecular weight is 802 g/mol. The molecule has 13 rings (SSSR count). The van der Waals surface area contributed by atoms with E-state index in [1.165, 1.54) is 105 Å². The third kappa shape index (κ3) is 5.14. The maximum Gasteiger partial charge on any atom is 0.0825 e. The Labute approximate surface area is 368 Å². The van der Waals surface area contributed by atoms with E-state index in [1.54, 1.807) is 0 Å². The summed E-state index contributed by atoms with van der Waals surface area (Å²) in [7, 11) is 0. The Morgan fingerprint density at radius 3 is 1.60 bits per heavy atom. The predicted octanol–water partition coefficient (Wildman–Crippen LogP) is 15.8. The molecule has 2 atom stereocenters. The molecule has 3 aliphatic rings. The minimum Gasteiger partial charge on any atom is -0.276 e. The lowest BCUT2D eigenvalue weighted by atomic mass is 9.70. The first kappa shape index (κ1) is 36.1. The van der Waals surface area contributed by atoms with Crippen LogP contribution in [0.2, 0.25) is 0 Å². The van der Waals surface area contributed by atoms with Crippen LogP contribution in [-0.2, 0) is 5.41 Å². The van der Waals surface area contributed by atoms with Crippen molar-refractivity contribution >= 4 is 43.6 Å². The van der Waals surface area contributed by atoms with Gasteiger partial charge in [0.15, 0.2) is 0 Å². The molecule has 0 bridgehead atoms. The molecule has 0 radical (unpaired) electrons. The highest BCUT2D eigenvalue weighted by atomic mass is 14.8. The zero-order chi connectivity index (χ0) is 41.6. The van der Waals surface area contributed by atoms with Crippen molar-refractivity contribution in [3.05, 3.63) is 257 Å². The summed E-state index contributed by atoms with van der Waals surface area (Å²) in [6, 6.07) is 79.3. The minimum atomic E-state index is -0.358. The van der Waals surface area contributed by atoms with E-state index in [0.717, 1.165) is 17.7 Å². The molecular weight excluding hydrogens is 759 g/mol. The van der Waals surface area contributed by atoms with Crippen LogP contribution in [0.25, 0.3) is 71.3 Å². The molecule has 1 spiro atoms. The fraction of sp³-hybridized carbons (Fsp3) is 0.0806. The van der Waals surface area contributed by atoms with E-state index in [0.29, 0.717) is 0 Å². The normalized spacial score (nSPS) is 16.7. The van der Waals surface area contributed by atoms with Gasteiger partial charge >= 0.3 is 0 Å². The maximum atomic E-state index is 5.61. The fourth-order valence-electron chi connectivity index (χ4n) is 11.9. The monoisotopic (exact) mass is 801 g/mol. The molecule has 1 aliphatic heterocycles. The van der Waals surface area contributed by atoms with Crippen molar-refractivity contribution in [1.29, 1.82) is 0 Å². The van der Waals surface area contributed by atoms with Crippen LogP contribution in [0, 0.1) is 5.92 Å². The standard InChI is InChI=1S/C62H43N/c1-2-43-52(39-18-5-3-6-19-39)38-59(63-61(43)40-20-7-4-8-21-40)42-32-34-51-53(37-42)46-23-10-9-22-45(46)50-28-17-27-44(60(50)51)41-33-35-58-54(36-41)49-26-13-16-31-57(49)62(58)55-29-14-11-24-47(55)48-25-12-15-30-56(48)62/h3-38,43,61H,2H2,1H3. The Balaban J connectivity index is 1.03. The first-order valence-corrected chi connectivity index (χ1v) is 22.4. The highest BCUT2D eigenvalue weighted by Crippen LogP contribution is 2.63. The number of hydrogen-bond acceptors (Lipinski definition) is 1. The summed E-state index contributed by atoms with van der Waals surface area (Å²) in [6.07, 6.45) is 3.37. The number of nitrogens with zero attached hydrogens (tertiary/aromatic N) is 1. The Bertz CT molecular complexity index is 3510. The lowest BCUT2D eigenvalue weighted by Crippen LogP contribution is -2.25. The molecule has 1 heterocycles. The minimum absolute atomic E-state index is 0.0253. The van der Waals surface area contributed by atoms with Crippen LogP contribution in [0.3, 0.4) is 0 Å². The molecule has 0 aromatic heterocycles. The van der Waals surface area contributed by atoms with E-state index in [1.807, 2.05) is 0 Å². The third-order valence-corrected chi connectivity index (χ3v) is 14.5. The number of benzene rings is 10. The van der Waals surface area contributed by atoms with E-state index < -0.39 is 0 Å². The van der Waals surface area contributed by atoms with Crippen LogP contribution in [0.5, 0.6) is 0 Å². The first-order valence-electron chi connectivity index (χ1n) is 22.4. The molecule has 63 heavy (non-hydrogen) atoms. The Morgan fingerprint density at radius 1 is 0.397 bits per heavy atom. The zero-order valence-corrected chi connectivity index (χ0v) is 35.1. The number of rotatable bonds is 5. The van der Waals surface area contributed by atoms with Gasteiger partial charge in [0.05, 0.1) is 17.2 Å². The second-order valence-electron chi connectivity index (χ2n) is 17.5. The molecule has 2 aliphatic carbocycles. The molecule has 1 nitrogen and oxygen atoms in total. The zero-order valence-electron chi connectivity index (χ0n) is 35.1. The summed E-state index contributed by atoms with van der Waals surface area (Å²) in [6.45, 7) is 2.30. The van der Waals surface area contributed by atoms with E-state index >= 15 is 0 Å². The topological polar surface area (TPSA) is 12.4 Å². The maximum absolute atomic E-state index is 5.61. The molecule has 0 N–H and O–H groups in total. The second-order valence-corrected chi connectivity index (χ2v) is 17.5. The van der Waals surface area contributed by atoms with Gasteiger partial charge < -0.3 is 0 Å². The van der Waals surface area contributed by atoms with Crippen LogP contribution in [-0.4, -0.2) is 5.71 Å². The molecule has 296 valence electrons. The van der Waals surface area contributed by atoms with Gasteiger partial charge in [-0.2, -0.15) is 0 Å². The van der Waals surface area contributed by atoms with Crippen molar-refractivity contribution in [2.45, 2.75) is 24.8 Å². The molecule has 0 saturated carbocycles. The summed E-state index contributed by atoms with van der Waals surface area (Å²) in [5.41, 5.74) is 18.9. The molecule has 0 amide bonds. The fourth-order valence-corrected chi connectivity index (χ4v) is 11.9. The van der Waals surface area contributed by atoms with Gasteiger partial charge in [0.2, 0.25) is 0 Å². The molecule has 0 fully saturated rings. The lowest BCUT2D eigenvalue weighted by Gasteiger charge is -2.31. The van der Waals surface area contributed by atoms with E-state index in [4.69, 9.17) is 4.99 Å². The molecule has 2 unspecified atom stereocenters. The van der Waals surface area contributed by atoms with Crippen molar-refractivity contribution in [2.24, 2.45) is 10.9 Å². The summed E-state index contributed by atoms with van der Waals surface area (Å²) in [5, 5.41) is 7.60. The van der Waals surface area contributed by atoms with Gasteiger partial charge in [0.1, 0.15) is 0 Å². The van der Waals surface area contributed by atoms with Crippen molar-refractivity contribution in [1.82, 2.24) is 0 Å². The third-order valence-electron chi connectivity index (χ3n) is 14.5. The van der Waals surface area contributed by atoms with Crippen molar-refractivity contribution in [3.63, 3.8) is 0 Å². The first-order chi connectivity index (χ1) is 31.2. The van der Waals surface area contributed by atoms with Gasteiger partial charge in [0.25, 0.3) is 0 Å². The largest absolute Gasteiger partial charge is 0.276 e. The highest BCUT2D eigenvalue weighted by Gasteiger charge is 2.51. The van der Waals surface area contributed by atoms with Gasteiger partial charge in [-0.05, 0) is 129 Å². The molecule has 0 saturated heterocycles. The highest BCUT2D eigenvalue weighted by molar-refractivity contribution is 6.29. The Kier molecular flexibility index (Phi) is 7.99. The van der Waals surface area contributed by atoms with Crippen LogP contribution in [0.4, 0.5) is 0 Å². The van der Waals surface area contributed by atoms with E-state index in [2.05, 4.69) is 225 Å². The van der Waals surface area contributed by atoms with Crippen molar-refractivity contribution < 1.29 is 0 Å². The summed E-state index contributed by atoms with van der Waals surface area (Å²) >= 11 is 0. The van der Waals surface area contributed by atoms with Crippen LogP contribution in [0.15, 0.2) is 223 Å². The number of allylic oxidation sites excluding steroid dienone is 1. The lowest BCUT2D eigenvalue weighted by molar-refractivity contribution is 0.519. The van der Waals surface area contributed by atoms with Gasteiger partial charge in [0, 0.05) is 11.5 Å². The summed E-state index contributed by atoms with van der Waals surface area (Å²) in [4.78, 5) is 5.61. The Hall–Kier alpha value is -7.61. The van der Waals surface area contributed by atoms with Crippen molar-refractivity contribution in [3.8, 4) is 33.4 Å². The Morgan fingerprint density at radius 2 is 0.921 bits per heavy atom. The number of fused-ring (bicyclic) bond motifs is 16. The molecule has 1 heteroatoms. The van der Waals surface area contributed by atoms with E-state index in [-0.39, 0.29) is 17.4 Å². The molecular formula is C62H43N. The smallest absolute Gasteiger partial charge is 0.0825 e. The number of dihydropyridines is 1. The van der Waals surface area contributed by atoms with Crippen LogP contribution in [0.1, 0.15) is 58.3 Å². The summed E-state index contributed by atoms with van der Waals surface area (Å²) in [5.74, 6) is 0.277. The summed E-state index contributed by atoms with van der Waals surface area (Å²) < 4.78 is 0. The average Bonchev–Trinajstić information content (AvgIpc) is 3.83. The van der Waals surface area contributed by atoms with Gasteiger partial charge in [-0.25, -0.2) is 0 Å². The quantitative estimate of drug-likeness (QED) is 0.154. The SMILES string of the molecule is CCC1C(c2ccccc2)=CC(c2ccc3c(c2)c2ccccc2c2cccc(-c4ccc5c(c4)-c4ccccc4C54c5ccccc5-c5ccccc54)c23)=NC1c1ccccc1. The van der Waals surface area contributed by atoms with E-state index in [9.17, 15) is 0 Å². The van der Waals surface area contributed by atoms with Crippen molar-refractivity contribution in [2.75, 3.05) is 0 Å². The van der Waals surface area contributed by atoms with Gasteiger partial charge in [-0.3, -0.25) is 4.99 Å². The molecule has 10 aromatic carbocycles. The number of aliphatic imine (C=N–C) groups is 1. The molecule has 10 aromatic rings. The second kappa shape index (κ2) is 14.0.